The number of hydrogen-bond acceptors (Lipinski definition) is 15. The number of phosphoric acid groups is 2. The van der Waals surface area contributed by atoms with Crippen molar-refractivity contribution in [2.24, 2.45) is 17.8 Å². The largest absolute Gasteiger partial charge is 0.472 e. The van der Waals surface area contributed by atoms with Crippen LogP contribution in [0, 0.1) is 17.8 Å². The van der Waals surface area contributed by atoms with E-state index in [0.29, 0.717) is 31.6 Å². The Hall–Kier alpha value is -2.46. The average molecular weight is 1450 g/mol. The molecule has 99 heavy (non-hydrogen) atoms. The van der Waals surface area contributed by atoms with Crippen molar-refractivity contribution in [3.05, 3.63) is 24.3 Å². The molecule has 0 saturated heterocycles. The zero-order valence-electron chi connectivity index (χ0n) is 64.4. The summed E-state index contributed by atoms with van der Waals surface area (Å²) in [5.74, 6) is 0.171. The van der Waals surface area contributed by atoms with E-state index in [-0.39, 0.29) is 25.7 Å². The average Bonchev–Trinajstić information content (AvgIpc) is 1.38. The summed E-state index contributed by atoms with van der Waals surface area (Å²) >= 11 is 0. The number of aliphatic hydroxyl groups excluding tert-OH is 1. The Balaban J connectivity index is 5.26. The predicted octanol–water partition coefficient (Wildman–Crippen LogP) is 23.3. The van der Waals surface area contributed by atoms with E-state index in [1.54, 1.807) is 0 Å². The molecule has 0 spiro atoms. The summed E-state index contributed by atoms with van der Waals surface area (Å²) in [7, 11) is -9.93. The maximum atomic E-state index is 13.1. The Morgan fingerprint density at radius 2 is 0.596 bits per heavy atom. The number of phosphoric ester groups is 2. The van der Waals surface area contributed by atoms with Crippen LogP contribution in [-0.2, 0) is 65.4 Å². The number of esters is 4. The Kier molecular flexibility index (Phi) is 68.1. The van der Waals surface area contributed by atoms with E-state index in [4.69, 9.17) is 37.0 Å². The Morgan fingerprint density at radius 3 is 0.899 bits per heavy atom. The summed E-state index contributed by atoms with van der Waals surface area (Å²) in [6, 6.07) is 0. The number of carbonyl (C=O) groups excluding carboxylic acids is 4. The van der Waals surface area contributed by atoms with Crippen LogP contribution in [0.3, 0.4) is 0 Å². The van der Waals surface area contributed by atoms with Gasteiger partial charge in [-0.15, -0.1) is 0 Å². The van der Waals surface area contributed by atoms with Crippen molar-refractivity contribution >= 4 is 39.5 Å². The quantitative estimate of drug-likeness (QED) is 0.0169. The van der Waals surface area contributed by atoms with E-state index < -0.39 is 97.5 Å². The first-order valence-corrected chi connectivity index (χ1v) is 43.7. The van der Waals surface area contributed by atoms with Gasteiger partial charge >= 0.3 is 39.5 Å². The van der Waals surface area contributed by atoms with Crippen LogP contribution in [0.2, 0.25) is 0 Å². The van der Waals surface area contributed by atoms with E-state index in [1.165, 1.54) is 173 Å². The fraction of sp³-hybridized carbons (Fsp3) is 0.900. The summed E-state index contributed by atoms with van der Waals surface area (Å²) in [6.07, 6.45) is 60.5. The van der Waals surface area contributed by atoms with Gasteiger partial charge in [-0.05, 0) is 69.1 Å². The van der Waals surface area contributed by atoms with Crippen LogP contribution in [0.15, 0.2) is 24.3 Å². The van der Waals surface area contributed by atoms with Gasteiger partial charge < -0.3 is 33.8 Å². The Bertz CT molecular complexity index is 2020. The van der Waals surface area contributed by atoms with Crippen molar-refractivity contribution in [1.82, 2.24) is 0 Å². The van der Waals surface area contributed by atoms with E-state index >= 15 is 0 Å². The molecule has 584 valence electrons. The van der Waals surface area contributed by atoms with Crippen LogP contribution in [0.1, 0.15) is 389 Å². The Morgan fingerprint density at radius 1 is 0.333 bits per heavy atom. The molecule has 0 aromatic heterocycles. The zero-order chi connectivity index (χ0) is 73.0. The zero-order valence-corrected chi connectivity index (χ0v) is 66.2. The third-order valence-corrected chi connectivity index (χ3v) is 20.3. The molecule has 0 bridgehead atoms. The fourth-order valence-corrected chi connectivity index (χ4v) is 13.3. The third-order valence-electron chi connectivity index (χ3n) is 18.4. The van der Waals surface area contributed by atoms with Gasteiger partial charge in [0.1, 0.15) is 19.3 Å². The topological polar surface area (TPSA) is 237 Å². The predicted molar refractivity (Wildman–Crippen MR) is 404 cm³/mol. The second kappa shape index (κ2) is 69.9. The molecule has 0 rings (SSSR count). The minimum Gasteiger partial charge on any atom is -0.462 e. The van der Waals surface area contributed by atoms with Gasteiger partial charge in [0, 0.05) is 25.7 Å². The van der Waals surface area contributed by atoms with E-state index in [1.807, 2.05) is 0 Å². The molecular weight excluding hydrogens is 1290 g/mol. The summed E-state index contributed by atoms with van der Waals surface area (Å²) in [5.41, 5.74) is 0. The van der Waals surface area contributed by atoms with E-state index in [0.717, 1.165) is 127 Å². The van der Waals surface area contributed by atoms with Gasteiger partial charge in [-0.25, -0.2) is 9.13 Å². The lowest BCUT2D eigenvalue weighted by Crippen LogP contribution is -2.30. The smallest absolute Gasteiger partial charge is 0.462 e. The maximum absolute atomic E-state index is 13.1. The molecule has 0 aromatic carbocycles. The first-order valence-electron chi connectivity index (χ1n) is 40.7. The van der Waals surface area contributed by atoms with Crippen LogP contribution in [0.25, 0.3) is 0 Å². The molecule has 17 nitrogen and oxygen atoms in total. The molecule has 0 saturated carbocycles. The van der Waals surface area contributed by atoms with Crippen LogP contribution >= 0.6 is 15.6 Å². The van der Waals surface area contributed by atoms with E-state index in [2.05, 4.69) is 72.8 Å². The van der Waals surface area contributed by atoms with Crippen molar-refractivity contribution in [1.29, 1.82) is 0 Å². The normalized spacial score (nSPS) is 14.4. The monoisotopic (exact) mass is 1450 g/mol. The molecule has 3 unspecified atom stereocenters. The molecule has 0 fully saturated rings. The summed E-state index contributed by atoms with van der Waals surface area (Å²) in [5, 5.41) is 10.6. The molecule has 6 atom stereocenters. The SMILES string of the molecule is CCCCCC/C=C\C=C/CCCCCCCC(=O)OC[C@H](COP(=O)(O)OC[C@@H](O)COP(=O)(O)OC[C@@H](COC(=O)CCCCCCCCC(C)C)OC(=O)CCCCCCCCCCCCCCCCC(C)CC)OC(=O)CCCCCCCCCCCCCCCCC(C)C. The van der Waals surface area contributed by atoms with Crippen molar-refractivity contribution in [2.75, 3.05) is 39.6 Å². The lowest BCUT2D eigenvalue weighted by molar-refractivity contribution is -0.161. The number of hydrogen-bond donors (Lipinski definition) is 3. The number of rotatable bonds is 76. The second-order valence-electron chi connectivity index (χ2n) is 29.3. The molecule has 0 aliphatic heterocycles. The minimum atomic E-state index is -4.97. The van der Waals surface area contributed by atoms with Gasteiger partial charge in [-0.3, -0.25) is 37.3 Å². The lowest BCUT2D eigenvalue weighted by atomic mass is 9.99. The molecule has 19 heteroatoms. The van der Waals surface area contributed by atoms with Crippen molar-refractivity contribution in [3.63, 3.8) is 0 Å². The standard InChI is InChI=1S/C80H152O17P2/c1-8-10-11-12-13-14-15-16-17-24-29-34-39-47-54-61-77(82)90-67-75(96-79(84)63-56-49-40-35-30-25-20-18-22-27-32-37-44-51-58-71(3)4)69-94-98(86,87)92-65-74(81)66-93-99(88,89)95-70-76(68-91-78(83)62-55-48-43-42-45-52-59-72(5)6)97-80(85)64-57-50-41-36-31-26-21-19-23-28-33-38-46-53-60-73(7)9-2/h14-17,71-76,81H,8-13,18-70H2,1-7H3,(H,86,87)(H,88,89)/b15-14-,17-16-/t73?,74-,75-,76-/m1/s1. The minimum absolute atomic E-state index is 0.100. The first-order chi connectivity index (χ1) is 47.8. The molecule has 0 amide bonds. The molecule has 0 aliphatic carbocycles. The molecule has 0 aromatic rings. The van der Waals surface area contributed by atoms with Crippen LogP contribution in [0.4, 0.5) is 0 Å². The molecule has 0 radical (unpaired) electrons. The second-order valence-corrected chi connectivity index (χ2v) is 32.2. The van der Waals surface area contributed by atoms with Gasteiger partial charge in [0.25, 0.3) is 0 Å². The number of unbranched alkanes of at least 4 members (excludes halogenated alkanes) is 40. The van der Waals surface area contributed by atoms with Crippen molar-refractivity contribution in [3.8, 4) is 0 Å². The first kappa shape index (κ1) is 96.5. The number of ether oxygens (including phenoxy) is 4. The number of allylic oxidation sites excluding steroid dienone is 4. The van der Waals surface area contributed by atoms with Crippen LogP contribution in [0.5, 0.6) is 0 Å². The fourth-order valence-electron chi connectivity index (χ4n) is 11.7. The molecular formula is C80H152O17P2. The number of carbonyl (C=O) groups is 4. The van der Waals surface area contributed by atoms with Crippen LogP contribution < -0.4 is 0 Å². The maximum Gasteiger partial charge on any atom is 0.472 e. The van der Waals surface area contributed by atoms with Gasteiger partial charge in [0.2, 0.25) is 0 Å². The third kappa shape index (κ3) is 72.3. The molecule has 0 heterocycles. The highest BCUT2D eigenvalue weighted by atomic mass is 31.2. The number of aliphatic hydroxyl groups is 1. The van der Waals surface area contributed by atoms with E-state index in [9.17, 15) is 43.2 Å². The Labute approximate surface area is 605 Å². The summed E-state index contributed by atoms with van der Waals surface area (Å²) < 4.78 is 68.6. The van der Waals surface area contributed by atoms with Gasteiger partial charge in [-0.1, -0.05) is 336 Å². The highest BCUT2D eigenvalue weighted by Crippen LogP contribution is 2.45. The van der Waals surface area contributed by atoms with Gasteiger partial charge in [0.05, 0.1) is 26.4 Å². The van der Waals surface area contributed by atoms with Gasteiger partial charge in [-0.2, -0.15) is 0 Å². The van der Waals surface area contributed by atoms with Crippen molar-refractivity contribution < 1.29 is 80.2 Å². The highest BCUT2D eigenvalue weighted by Gasteiger charge is 2.30. The summed E-state index contributed by atoms with van der Waals surface area (Å²) in [4.78, 5) is 72.9. The molecule has 3 N–H and O–H groups in total. The van der Waals surface area contributed by atoms with Gasteiger partial charge in [0.15, 0.2) is 12.2 Å². The van der Waals surface area contributed by atoms with Crippen molar-refractivity contribution in [2.45, 2.75) is 407 Å². The lowest BCUT2D eigenvalue weighted by Gasteiger charge is -2.21. The highest BCUT2D eigenvalue weighted by molar-refractivity contribution is 7.47. The molecule has 0 aliphatic rings. The summed E-state index contributed by atoms with van der Waals surface area (Å²) in [6.45, 7) is 11.9. The van der Waals surface area contributed by atoms with Crippen LogP contribution in [-0.4, -0.2) is 96.7 Å².